The largest absolute Gasteiger partial charge is 0.371 e. The van der Waals surface area contributed by atoms with Crippen LogP contribution in [0.15, 0.2) is 12.3 Å². The molecule has 0 aromatic carbocycles. The summed E-state index contributed by atoms with van der Waals surface area (Å²) in [5.74, 6) is 0.755. The van der Waals surface area contributed by atoms with Gasteiger partial charge >= 0.3 is 0 Å². The number of anilines is 1. The Morgan fingerprint density at radius 2 is 2.50 bits per heavy atom. The molecule has 0 bridgehead atoms. The van der Waals surface area contributed by atoms with Crippen LogP contribution in [0.3, 0.4) is 0 Å². The van der Waals surface area contributed by atoms with Gasteiger partial charge in [0.2, 0.25) is 0 Å². The second-order valence-electron chi connectivity index (χ2n) is 1.86. The van der Waals surface area contributed by atoms with E-state index in [4.69, 9.17) is 5.73 Å². The SMILES string of the molecule is CNc1nnccc1CN. The Morgan fingerprint density at radius 1 is 1.70 bits per heavy atom. The quantitative estimate of drug-likeness (QED) is 0.602. The minimum absolute atomic E-state index is 0.492. The summed E-state index contributed by atoms with van der Waals surface area (Å²) < 4.78 is 0. The van der Waals surface area contributed by atoms with Crippen LogP contribution >= 0.6 is 0 Å². The van der Waals surface area contributed by atoms with Gasteiger partial charge in [0, 0.05) is 19.2 Å². The van der Waals surface area contributed by atoms with Crippen molar-refractivity contribution in [1.82, 2.24) is 10.2 Å². The van der Waals surface area contributed by atoms with Crippen LogP contribution in [0.2, 0.25) is 0 Å². The van der Waals surface area contributed by atoms with Crippen molar-refractivity contribution in [3.05, 3.63) is 17.8 Å². The van der Waals surface area contributed by atoms with Crippen LogP contribution in [0.4, 0.5) is 5.82 Å². The highest BCUT2D eigenvalue weighted by molar-refractivity contribution is 5.41. The molecule has 0 atom stereocenters. The van der Waals surface area contributed by atoms with Crippen molar-refractivity contribution in [2.24, 2.45) is 5.73 Å². The average molecular weight is 138 g/mol. The lowest BCUT2D eigenvalue weighted by molar-refractivity contribution is 0.969. The van der Waals surface area contributed by atoms with E-state index in [9.17, 15) is 0 Å². The first-order valence-electron chi connectivity index (χ1n) is 3.07. The average Bonchev–Trinajstić information content (AvgIpc) is 2.04. The van der Waals surface area contributed by atoms with Gasteiger partial charge in [0.1, 0.15) is 0 Å². The fraction of sp³-hybridized carbons (Fsp3) is 0.333. The number of hydrogen-bond donors (Lipinski definition) is 2. The van der Waals surface area contributed by atoms with Crippen LogP contribution < -0.4 is 11.1 Å². The summed E-state index contributed by atoms with van der Waals surface area (Å²) in [6.07, 6.45) is 1.63. The first-order chi connectivity index (χ1) is 4.88. The zero-order chi connectivity index (χ0) is 7.40. The zero-order valence-corrected chi connectivity index (χ0v) is 5.83. The number of rotatable bonds is 2. The molecule has 1 aromatic rings. The van der Waals surface area contributed by atoms with Crippen LogP contribution in [-0.2, 0) is 6.54 Å². The standard InChI is InChI=1S/C6H10N4/c1-8-6-5(4-7)2-3-9-10-6/h2-3H,4,7H2,1H3,(H,8,10). The van der Waals surface area contributed by atoms with E-state index in [0.717, 1.165) is 11.4 Å². The second-order valence-corrected chi connectivity index (χ2v) is 1.86. The van der Waals surface area contributed by atoms with E-state index in [1.807, 2.05) is 6.07 Å². The van der Waals surface area contributed by atoms with Crippen molar-refractivity contribution in [2.45, 2.75) is 6.54 Å². The molecule has 54 valence electrons. The molecule has 4 heteroatoms. The highest BCUT2D eigenvalue weighted by Gasteiger charge is 1.96. The maximum atomic E-state index is 5.42. The maximum Gasteiger partial charge on any atom is 0.152 e. The minimum atomic E-state index is 0.492. The minimum Gasteiger partial charge on any atom is -0.371 e. The monoisotopic (exact) mass is 138 g/mol. The molecule has 0 aliphatic carbocycles. The first kappa shape index (κ1) is 6.95. The molecule has 0 radical (unpaired) electrons. The molecular formula is C6H10N4. The van der Waals surface area contributed by atoms with Gasteiger partial charge in [-0.15, -0.1) is 5.10 Å². The maximum absolute atomic E-state index is 5.42. The molecule has 0 saturated heterocycles. The molecule has 3 N–H and O–H groups in total. The molecule has 1 rings (SSSR count). The lowest BCUT2D eigenvalue weighted by Gasteiger charge is -2.01. The predicted molar refractivity (Wildman–Crippen MR) is 39.5 cm³/mol. The predicted octanol–water partition coefficient (Wildman–Crippen LogP) is -0.0230. The fourth-order valence-electron chi connectivity index (χ4n) is 0.733. The third kappa shape index (κ3) is 1.22. The van der Waals surface area contributed by atoms with Crippen molar-refractivity contribution in [3.8, 4) is 0 Å². The topological polar surface area (TPSA) is 63.8 Å². The molecule has 1 heterocycles. The second kappa shape index (κ2) is 3.12. The van der Waals surface area contributed by atoms with E-state index in [1.54, 1.807) is 13.2 Å². The third-order valence-corrected chi connectivity index (χ3v) is 1.26. The summed E-state index contributed by atoms with van der Waals surface area (Å²) in [5, 5.41) is 10.4. The smallest absolute Gasteiger partial charge is 0.152 e. The lowest BCUT2D eigenvalue weighted by atomic mass is 10.3. The van der Waals surface area contributed by atoms with Gasteiger partial charge in [-0.25, -0.2) is 0 Å². The van der Waals surface area contributed by atoms with E-state index < -0.39 is 0 Å². The molecule has 1 aromatic heterocycles. The van der Waals surface area contributed by atoms with Crippen molar-refractivity contribution in [3.63, 3.8) is 0 Å². The number of nitrogens with one attached hydrogen (secondary N) is 1. The van der Waals surface area contributed by atoms with Gasteiger partial charge in [-0.3, -0.25) is 0 Å². The third-order valence-electron chi connectivity index (χ3n) is 1.26. The van der Waals surface area contributed by atoms with Gasteiger partial charge in [0.15, 0.2) is 5.82 Å². The van der Waals surface area contributed by atoms with Crippen LogP contribution in [0.25, 0.3) is 0 Å². The van der Waals surface area contributed by atoms with E-state index >= 15 is 0 Å². The molecule has 0 saturated carbocycles. The summed E-state index contributed by atoms with van der Waals surface area (Å²) in [6, 6.07) is 1.85. The van der Waals surface area contributed by atoms with Crippen molar-refractivity contribution in [1.29, 1.82) is 0 Å². The Kier molecular flexibility index (Phi) is 2.17. The van der Waals surface area contributed by atoms with Gasteiger partial charge in [-0.2, -0.15) is 5.10 Å². The Bertz CT molecular complexity index is 188. The van der Waals surface area contributed by atoms with Crippen molar-refractivity contribution >= 4 is 5.82 Å². The first-order valence-corrected chi connectivity index (χ1v) is 3.07. The van der Waals surface area contributed by atoms with Gasteiger partial charge in [0.25, 0.3) is 0 Å². The molecule has 0 amide bonds. The summed E-state index contributed by atoms with van der Waals surface area (Å²) >= 11 is 0. The Morgan fingerprint density at radius 3 is 3.00 bits per heavy atom. The van der Waals surface area contributed by atoms with Gasteiger partial charge in [0.05, 0.1) is 6.20 Å². The molecular weight excluding hydrogens is 128 g/mol. The molecule has 0 unspecified atom stereocenters. The van der Waals surface area contributed by atoms with Gasteiger partial charge in [-0.05, 0) is 6.07 Å². The molecule has 0 aliphatic heterocycles. The van der Waals surface area contributed by atoms with Crippen LogP contribution in [0.1, 0.15) is 5.56 Å². The molecule has 0 aliphatic rings. The van der Waals surface area contributed by atoms with Crippen LogP contribution in [0.5, 0.6) is 0 Å². The summed E-state index contributed by atoms with van der Waals surface area (Å²) in [7, 11) is 1.79. The Balaban J connectivity index is 2.96. The Hall–Kier alpha value is -1.16. The van der Waals surface area contributed by atoms with E-state index in [0.29, 0.717) is 6.54 Å². The van der Waals surface area contributed by atoms with Gasteiger partial charge < -0.3 is 11.1 Å². The summed E-state index contributed by atoms with van der Waals surface area (Å²) in [4.78, 5) is 0. The highest BCUT2D eigenvalue weighted by atomic mass is 15.2. The van der Waals surface area contributed by atoms with Crippen molar-refractivity contribution in [2.75, 3.05) is 12.4 Å². The molecule has 10 heavy (non-hydrogen) atoms. The number of nitrogens with zero attached hydrogens (tertiary/aromatic N) is 2. The summed E-state index contributed by atoms with van der Waals surface area (Å²) in [6.45, 7) is 0.492. The zero-order valence-electron chi connectivity index (χ0n) is 5.83. The number of nitrogens with two attached hydrogens (primary N) is 1. The molecule has 0 spiro atoms. The molecule has 4 nitrogen and oxygen atoms in total. The number of hydrogen-bond acceptors (Lipinski definition) is 4. The van der Waals surface area contributed by atoms with E-state index in [2.05, 4.69) is 15.5 Å². The van der Waals surface area contributed by atoms with Crippen molar-refractivity contribution < 1.29 is 0 Å². The molecule has 0 fully saturated rings. The van der Waals surface area contributed by atoms with Gasteiger partial charge in [-0.1, -0.05) is 0 Å². The highest BCUT2D eigenvalue weighted by Crippen LogP contribution is 2.06. The Labute approximate surface area is 59.5 Å². The number of aromatic nitrogens is 2. The fourth-order valence-corrected chi connectivity index (χ4v) is 0.733. The summed E-state index contributed by atoms with van der Waals surface area (Å²) in [5.41, 5.74) is 6.40. The van der Waals surface area contributed by atoms with Crippen LogP contribution in [-0.4, -0.2) is 17.2 Å². The van der Waals surface area contributed by atoms with Crippen LogP contribution in [0, 0.1) is 0 Å². The van der Waals surface area contributed by atoms with E-state index in [1.165, 1.54) is 0 Å². The normalized spacial score (nSPS) is 9.40. The van der Waals surface area contributed by atoms with E-state index in [-0.39, 0.29) is 0 Å². The lowest BCUT2D eigenvalue weighted by Crippen LogP contribution is -2.04.